The summed E-state index contributed by atoms with van der Waals surface area (Å²) in [5.74, 6) is 1.63. The number of nitrogens with zero attached hydrogens (tertiary/aromatic N) is 1. The van der Waals surface area contributed by atoms with Gasteiger partial charge >= 0.3 is 5.97 Å². The zero-order valence-corrected chi connectivity index (χ0v) is 14.0. The largest absolute Gasteiger partial charge is 0.478 e. The molecule has 21 heavy (non-hydrogen) atoms. The number of rotatable bonds is 7. The van der Waals surface area contributed by atoms with Crippen LogP contribution < -0.4 is 5.32 Å². The Kier molecular flexibility index (Phi) is 6.19. The van der Waals surface area contributed by atoms with Gasteiger partial charge in [-0.1, -0.05) is 41.5 Å². The Morgan fingerprint density at radius 2 is 1.71 bits per heavy atom. The molecule has 1 rings (SSSR count). The van der Waals surface area contributed by atoms with Crippen molar-refractivity contribution >= 4 is 11.8 Å². The number of aromatic nitrogens is 1. The molecular formula is C17H28N2O2. The number of anilines is 1. The molecule has 0 aliphatic heterocycles. The molecule has 0 aliphatic carbocycles. The molecular weight excluding hydrogens is 264 g/mol. The SMILES string of the molecule is CC(C)c1cc(C(=O)O)cc(NCC(C(C)C)C(C)C)n1. The van der Waals surface area contributed by atoms with Crippen molar-refractivity contribution in [3.63, 3.8) is 0 Å². The van der Waals surface area contributed by atoms with Gasteiger partial charge in [0.1, 0.15) is 5.82 Å². The number of carboxylic acid groups (broad SMARTS) is 1. The van der Waals surface area contributed by atoms with E-state index in [1.807, 2.05) is 13.8 Å². The predicted molar refractivity (Wildman–Crippen MR) is 86.9 cm³/mol. The third-order valence-electron chi connectivity index (χ3n) is 3.92. The van der Waals surface area contributed by atoms with Gasteiger partial charge in [-0.3, -0.25) is 0 Å². The fraction of sp³-hybridized carbons (Fsp3) is 0.647. The number of aromatic carboxylic acids is 1. The van der Waals surface area contributed by atoms with Gasteiger partial charge in [-0.05, 0) is 35.8 Å². The van der Waals surface area contributed by atoms with Gasteiger partial charge in [0.2, 0.25) is 0 Å². The van der Waals surface area contributed by atoms with Crippen LogP contribution in [0.25, 0.3) is 0 Å². The van der Waals surface area contributed by atoms with E-state index in [-0.39, 0.29) is 5.92 Å². The van der Waals surface area contributed by atoms with Crippen LogP contribution in [0.2, 0.25) is 0 Å². The normalized spacial score (nSPS) is 11.7. The van der Waals surface area contributed by atoms with Crippen molar-refractivity contribution in [1.82, 2.24) is 4.98 Å². The van der Waals surface area contributed by atoms with Crippen LogP contribution in [0.3, 0.4) is 0 Å². The Balaban J connectivity index is 2.94. The first-order valence-corrected chi connectivity index (χ1v) is 7.71. The molecule has 0 fully saturated rings. The molecule has 4 nitrogen and oxygen atoms in total. The van der Waals surface area contributed by atoms with Crippen LogP contribution in [-0.2, 0) is 0 Å². The van der Waals surface area contributed by atoms with E-state index in [1.165, 1.54) is 0 Å². The third kappa shape index (κ3) is 5.03. The summed E-state index contributed by atoms with van der Waals surface area (Å²) >= 11 is 0. The van der Waals surface area contributed by atoms with Gasteiger partial charge in [0.05, 0.1) is 5.56 Å². The summed E-state index contributed by atoms with van der Waals surface area (Å²) in [7, 11) is 0. The number of pyridine rings is 1. The Hall–Kier alpha value is -1.58. The van der Waals surface area contributed by atoms with Gasteiger partial charge in [-0.2, -0.15) is 0 Å². The molecule has 1 aromatic heterocycles. The number of hydrogen-bond acceptors (Lipinski definition) is 3. The number of hydrogen-bond donors (Lipinski definition) is 2. The van der Waals surface area contributed by atoms with Crippen LogP contribution in [0.4, 0.5) is 5.82 Å². The fourth-order valence-electron chi connectivity index (χ4n) is 2.53. The van der Waals surface area contributed by atoms with Gasteiger partial charge in [-0.25, -0.2) is 9.78 Å². The van der Waals surface area contributed by atoms with Crippen molar-refractivity contribution < 1.29 is 9.90 Å². The van der Waals surface area contributed by atoms with Crippen LogP contribution in [0.1, 0.15) is 63.5 Å². The minimum atomic E-state index is -0.911. The Labute approximate surface area is 128 Å². The maximum atomic E-state index is 11.2. The summed E-state index contributed by atoms with van der Waals surface area (Å²) in [6.07, 6.45) is 0. The minimum absolute atomic E-state index is 0.204. The lowest BCUT2D eigenvalue weighted by Crippen LogP contribution is -2.25. The summed E-state index contributed by atoms with van der Waals surface area (Å²) in [4.78, 5) is 15.8. The second kappa shape index (κ2) is 7.43. The van der Waals surface area contributed by atoms with Crippen molar-refractivity contribution in [2.45, 2.75) is 47.5 Å². The van der Waals surface area contributed by atoms with Crippen molar-refractivity contribution in [2.24, 2.45) is 17.8 Å². The highest BCUT2D eigenvalue weighted by atomic mass is 16.4. The van der Waals surface area contributed by atoms with Crippen LogP contribution in [0.15, 0.2) is 12.1 Å². The molecule has 2 N–H and O–H groups in total. The van der Waals surface area contributed by atoms with Crippen molar-refractivity contribution in [3.8, 4) is 0 Å². The van der Waals surface area contributed by atoms with E-state index < -0.39 is 5.97 Å². The monoisotopic (exact) mass is 292 g/mol. The standard InChI is InChI=1S/C17H28N2O2/c1-10(2)14(11(3)4)9-18-16-8-13(17(20)21)7-15(19-16)12(5)6/h7-8,10-12,14H,9H2,1-6H3,(H,18,19)(H,20,21). The van der Waals surface area contributed by atoms with E-state index in [2.05, 4.69) is 38.0 Å². The van der Waals surface area contributed by atoms with Crippen molar-refractivity contribution in [1.29, 1.82) is 0 Å². The van der Waals surface area contributed by atoms with E-state index in [9.17, 15) is 9.90 Å². The van der Waals surface area contributed by atoms with Crippen molar-refractivity contribution in [2.75, 3.05) is 11.9 Å². The molecule has 1 aromatic rings. The summed E-state index contributed by atoms with van der Waals surface area (Å²) in [5, 5.41) is 12.5. The molecule has 0 atom stereocenters. The topological polar surface area (TPSA) is 62.2 Å². The number of carbonyl (C=O) groups is 1. The smallest absolute Gasteiger partial charge is 0.335 e. The summed E-state index contributed by atoms with van der Waals surface area (Å²) in [6, 6.07) is 3.27. The van der Waals surface area contributed by atoms with E-state index in [1.54, 1.807) is 12.1 Å². The quantitative estimate of drug-likeness (QED) is 0.789. The van der Waals surface area contributed by atoms with Crippen LogP contribution in [0.5, 0.6) is 0 Å². The molecule has 0 radical (unpaired) electrons. The maximum Gasteiger partial charge on any atom is 0.335 e. The lowest BCUT2D eigenvalue weighted by molar-refractivity contribution is 0.0696. The fourth-order valence-corrected chi connectivity index (χ4v) is 2.53. The van der Waals surface area contributed by atoms with Crippen LogP contribution >= 0.6 is 0 Å². The van der Waals surface area contributed by atoms with Crippen molar-refractivity contribution in [3.05, 3.63) is 23.4 Å². The third-order valence-corrected chi connectivity index (χ3v) is 3.92. The van der Waals surface area contributed by atoms with E-state index in [4.69, 9.17) is 0 Å². The Morgan fingerprint density at radius 1 is 1.14 bits per heavy atom. The Morgan fingerprint density at radius 3 is 2.14 bits per heavy atom. The van der Waals surface area contributed by atoms with Gasteiger partial charge in [-0.15, -0.1) is 0 Å². The first-order chi connectivity index (χ1) is 9.72. The maximum absolute atomic E-state index is 11.2. The predicted octanol–water partition coefficient (Wildman–Crippen LogP) is 4.24. The van der Waals surface area contributed by atoms with Gasteiger partial charge in [0.15, 0.2) is 0 Å². The average molecular weight is 292 g/mol. The molecule has 0 saturated heterocycles. The first kappa shape index (κ1) is 17.5. The molecule has 0 aromatic carbocycles. The lowest BCUT2D eigenvalue weighted by atomic mass is 9.85. The molecule has 0 saturated carbocycles. The second-order valence-corrected chi connectivity index (χ2v) is 6.66. The Bertz CT molecular complexity index is 474. The minimum Gasteiger partial charge on any atom is -0.478 e. The van der Waals surface area contributed by atoms with Gasteiger partial charge < -0.3 is 10.4 Å². The first-order valence-electron chi connectivity index (χ1n) is 7.71. The van der Waals surface area contributed by atoms with E-state index in [0.29, 0.717) is 29.1 Å². The molecule has 0 amide bonds. The number of carboxylic acids is 1. The lowest BCUT2D eigenvalue weighted by Gasteiger charge is -2.25. The van der Waals surface area contributed by atoms with E-state index in [0.717, 1.165) is 12.2 Å². The van der Waals surface area contributed by atoms with E-state index >= 15 is 0 Å². The van der Waals surface area contributed by atoms with Gasteiger partial charge in [0.25, 0.3) is 0 Å². The molecule has 0 aliphatic rings. The summed E-state index contributed by atoms with van der Waals surface area (Å²) < 4.78 is 0. The number of nitrogens with one attached hydrogen (secondary N) is 1. The zero-order valence-electron chi connectivity index (χ0n) is 14.0. The molecule has 0 spiro atoms. The van der Waals surface area contributed by atoms with Gasteiger partial charge in [0, 0.05) is 12.2 Å². The molecule has 1 heterocycles. The molecule has 0 bridgehead atoms. The van der Waals surface area contributed by atoms with Crippen LogP contribution in [0, 0.1) is 17.8 Å². The highest BCUT2D eigenvalue weighted by Crippen LogP contribution is 2.22. The molecule has 4 heteroatoms. The highest BCUT2D eigenvalue weighted by Gasteiger charge is 2.18. The summed E-state index contributed by atoms with van der Waals surface area (Å²) in [5.41, 5.74) is 1.10. The second-order valence-electron chi connectivity index (χ2n) is 6.66. The molecule has 118 valence electrons. The summed E-state index contributed by atoms with van der Waals surface area (Å²) in [6.45, 7) is 13.7. The highest BCUT2D eigenvalue weighted by molar-refractivity contribution is 5.88. The zero-order chi connectivity index (χ0) is 16.2. The average Bonchev–Trinajstić information content (AvgIpc) is 2.37. The van der Waals surface area contributed by atoms with Crippen LogP contribution in [-0.4, -0.2) is 22.6 Å². The molecule has 0 unspecified atom stereocenters.